The number of rotatable bonds is 3. The van der Waals surface area contributed by atoms with E-state index in [0.29, 0.717) is 12.5 Å². The SMILES string of the molecule is CC1(C(=O)NCC2CCC2)CC1(F)F. The van der Waals surface area contributed by atoms with E-state index in [-0.39, 0.29) is 6.42 Å². The number of amides is 1. The highest BCUT2D eigenvalue weighted by molar-refractivity contribution is 5.86. The van der Waals surface area contributed by atoms with E-state index in [4.69, 9.17) is 0 Å². The molecule has 1 amide bonds. The lowest BCUT2D eigenvalue weighted by Gasteiger charge is -2.26. The lowest BCUT2D eigenvalue weighted by atomic mass is 9.85. The highest BCUT2D eigenvalue weighted by Crippen LogP contribution is 2.60. The van der Waals surface area contributed by atoms with Gasteiger partial charge < -0.3 is 5.32 Å². The molecule has 0 heterocycles. The average Bonchev–Trinajstić information content (AvgIpc) is 2.49. The smallest absolute Gasteiger partial charge is 0.263 e. The van der Waals surface area contributed by atoms with Crippen molar-refractivity contribution in [2.24, 2.45) is 11.3 Å². The van der Waals surface area contributed by atoms with Crippen LogP contribution in [0.15, 0.2) is 0 Å². The van der Waals surface area contributed by atoms with Crippen LogP contribution >= 0.6 is 0 Å². The molecule has 2 saturated carbocycles. The first-order chi connectivity index (χ1) is 6.46. The fourth-order valence-electron chi connectivity index (χ4n) is 1.78. The second-order valence-corrected chi connectivity index (χ2v) is 4.72. The van der Waals surface area contributed by atoms with Crippen LogP contribution in [0.5, 0.6) is 0 Å². The Labute approximate surface area is 82.1 Å². The zero-order valence-electron chi connectivity index (χ0n) is 8.28. The Morgan fingerprint density at radius 2 is 2.07 bits per heavy atom. The molecule has 2 aliphatic rings. The van der Waals surface area contributed by atoms with E-state index in [1.54, 1.807) is 0 Å². The molecule has 2 rings (SSSR count). The van der Waals surface area contributed by atoms with E-state index in [1.165, 1.54) is 13.3 Å². The molecule has 14 heavy (non-hydrogen) atoms. The minimum absolute atomic E-state index is 0.295. The molecule has 0 bridgehead atoms. The van der Waals surface area contributed by atoms with Crippen molar-refractivity contribution in [3.8, 4) is 0 Å². The number of hydrogen-bond donors (Lipinski definition) is 1. The Morgan fingerprint density at radius 3 is 2.43 bits per heavy atom. The molecule has 0 aromatic heterocycles. The van der Waals surface area contributed by atoms with E-state index < -0.39 is 17.2 Å². The fraction of sp³-hybridized carbons (Fsp3) is 0.900. The van der Waals surface area contributed by atoms with Crippen LogP contribution in [0, 0.1) is 11.3 Å². The van der Waals surface area contributed by atoms with Crippen LogP contribution in [0.3, 0.4) is 0 Å². The molecule has 2 aliphatic carbocycles. The zero-order chi connectivity index (χ0) is 10.4. The third-order valence-corrected chi connectivity index (χ3v) is 3.54. The average molecular weight is 203 g/mol. The largest absolute Gasteiger partial charge is 0.355 e. The fourth-order valence-corrected chi connectivity index (χ4v) is 1.78. The van der Waals surface area contributed by atoms with Crippen LogP contribution in [0.2, 0.25) is 0 Å². The molecule has 0 aromatic carbocycles. The summed E-state index contributed by atoms with van der Waals surface area (Å²) in [5, 5.41) is 2.62. The Kier molecular flexibility index (Phi) is 2.05. The van der Waals surface area contributed by atoms with E-state index in [2.05, 4.69) is 5.32 Å². The quantitative estimate of drug-likeness (QED) is 0.746. The molecule has 2 fully saturated rings. The summed E-state index contributed by atoms with van der Waals surface area (Å²) in [5.74, 6) is -2.74. The molecular weight excluding hydrogens is 188 g/mol. The minimum Gasteiger partial charge on any atom is -0.355 e. The summed E-state index contributed by atoms with van der Waals surface area (Å²) >= 11 is 0. The number of carbonyl (C=O) groups is 1. The molecule has 0 radical (unpaired) electrons. The maximum atomic E-state index is 12.8. The monoisotopic (exact) mass is 203 g/mol. The van der Waals surface area contributed by atoms with Crippen LogP contribution in [0.4, 0.5) is 8.78 Å². The van der Waals surface area contributed by atoms with Crippen molar-refractivity contribution >= 4 is 5.91 Å². The Bertz CT molecular complexity index is 263. The van der Waals surface area contributed by atoms with Gasteiger partial charge in [0.25, 0.3) is 5.92 Å². The predicted molar refractivity (Wildman–Crippen MR) is 48.0 cm³/mol. The predicted octanol–water partition coefficient (Wildman–Crippen LogP) is 1.95. The molecule has 0 aromatic rings. The maximum Gasteiger partial charge on any atom is 0.263 e. The number of hydrogen-bond acceptors (Lipinski definition) is 1. The van der Waals surface area contributed by atoms with Gasteiger partial charge in [0.05, 0.1) is 0 Å². The van der Waals surface area contributed by atoms with E-state index in [9.17, 15) is 13.6 Å². The van der Waals surface area contributed by atoms with Crippen LogP contribution in [-0.2, 0) is 4.79 Å². The van der Waals surface area contributed by atoms with Gasteiger partial charge in [-0.15, -0.1) is 0 Å². The van der Waals surface area contributed by atoms with E-state index >= 15 is 0 Å². The number of carbonyl (C=O) groups excluding carboxylic acids is 1. The highest BCUT2D eigenvalue weighted by Gasteiger charge is 2.72. The second-order valence-electron chi connectivity index (χ2n) is 4.72. The maximum absolute atomic E-state index is 12.8. The third kappa shape index (κ3) is 1.41. The molecule has 0 aliphatic heterocycles. The standard InChI is InChI=1S/C10H15F2NO/c1-9(6-10(9,11)12)8(14)13-5-7-3-2-4-7/h7H,2-6H2,1H3,(H,13,14). The summed E-state index contributed by atoms with van der Waals surface area (Å²) in [6, 6.07) is 0. The first-order valence-electron chi connectivity index (χ1n) is 5.12. The summed E-state index contributed by atoms with van der Waals surface area (Å²) in [6.45, 7) is 1.91. The van der Waals surface area contributed by atoms with Gasteiger partial charge in [-0.25, -0.2) is 8.78 Å². The van der Waals surface area contributed by atoms with Gasteiger partial charge >= 0.3 is 0 Å². The molecule has 4 heteroatoms. The van der Waals surface area contributed by atoms with Crippen LogP contribution in [0.25, 0.3) is 0 Å². The Balaban J connectivity index is 1.79. The minimum atomic E-state index is -2.78. The van der Waals surface area contributed by atoms with Crippen molar-refractivity contribution in [1.29, 1.82) is 0 Å². The normalized spacial score (nSPS) is 34.8. The van der Waals surface area contributed by atoms with Crippen molar-refractivity contribution in [3.63, 3.8) is 0 Å². The molecular formula is C10H15F2NO. The molecule has 1 atom stereocenters. The third-order valence-electron chi connectivity index (χ3n) is 3.54. The number of nitrogens with one attached hydrogen (secondary N) is 1. The van der Waals surface area contributed by atoms with Crippen molar-refractivity contribution in [2.75, 3.05) is 6.54 Å². The summed E-state index contributed by atoms with van der Waals surface area (Å²) in [6.07, 6.45) is 3.14. The highest BCUT2D eigenvalue weighted by atomic mass is 19.3. The number of halogens is 2. The lowest BCUT2D eigenvalue weighted by molar-refractivity contribution is -0.129. The van der Waals surface area contributed by atoms with Crippen molar-refractivity contribution in [3.05, 3.63) is 0 Å². The van der Waals surface area contributed by atoms with Crippen molar-refractivity contribution < 1.29 is 13.6 Å². The lowest BCUT2D eigenvalue weighted by Crippen LogP contribution is -2.38. The van der Waals surface area contributed by atoms with Gasteiger partial charge in [-0.05, 0) is 25.7 Å². The summed E-state index contributed by atoms with van der Waals surface area (Å²) in [7, 11) is 0. The second kappa shape index (κ2) is 2.91. The molecule has 1 N–H and O–H groups in total. The van der Waals surface area contributed by atoms with E-state index in [1.807, 2.05) is 0 Å². The topological polar surface area (TPSA) is 29.1 Å². The molecule has 0 saturated heterocycles. The van der Waals surface area contributed by atoms with Gasteiger partial charge in [-0.3, -0.25) is 4.79 Å². The summed E-state index contributed by atoms with van der Waals surface area (Å²) in [5.41, 5.74) is -1.42. The van der Waals surface area contributed by atoms with Crippen LogP contribution in [-0.4, -0.2) is 18.4 Å². The summed E-state index contributed by atoms with van der Waals surface area (Å²) < 4.78 is 25.6. The Hall–Kier alpha value is -0.670. The zero-order valence-corrected chi connectivity index (χ0v) is 8.28. The van der Waals surface area contributed by atoms with Gasteiger partial charge in [-0.2, -0.15) is 0 Å². The van der Waals surface area contributed by atoms with E-state index in [0.717, 1.165) is 12.8 Å². The first kappa shape index (κ1) is 9.87. The Morgan fingerprint density at radius 1 is 1.50 bits per heavy atom. The molecule has 80 valence electrons. The van der Waals surface area contributed by atoms with Gasteiger partial charge in [-0.1, -0.05) is 6.42 Å². The van der Waals surface area contributed by atoms with Crippen molar-refractivity contribution in [2.45, 2.75) is 38.5 Å². The molecule has 2 nitrogen and oxygen atoms in total. The van der Waals surface area contributed by atoms with Gasteiger partial charge in [0, 0.05) is 13.0 Å². The van der Waals surface area contributed by atoms with Crippen LogP contribution < -0.4 is 5.32 Å². The first-order valence-corrected chi connectivity index (χ1v) is 5.12. The summed E-state index contributed by atoms with van der Waals surface area (Å²) in [4.78, 5) is 11.4. The van der Waals surface area contributed by atoms with Gasteiger partial charge in [0.15, 0.2) is 0 Å². The van der Waals surface area contributed by atoms with Crippen LogP contribution in [0.1, 0.15) is 32.6 Å². The number of alkyl halides is 2. The molecule has 1 unspecified atom stereocenters. The van der Waals surface area contributed by atoms with Gasteiger partial charge in [0.1, 0.15) is 5.41 Å². The molecule has 0 spiro atoms. The van der Waals surface area contributed by atoms with Crippen molar-refractivity contribution in [1.82, 2.24) is 5.32 Å². The van der Waals surface area contributed by atoms with Gasteiger partial charge in [0.2, 0.25) is 5.91 Å².